The van der Waals surface area contributed by atoms with Crippen LogP contribution < -0.4 is 0 Å². The molecule has 0 aliphatic rings. The average Bonchev–Trinajstić information content (AvgIpc) is 2.34. The van der Waals surface area contributed by atoms with E-state index in [2.05, 4.69) is 20.8 Å². The van der Waals surface area contributed by atoms with E-state index in [1.165, 1.54) is 44.9 Å². The highest BCUT2D eigenvalue weighted by Gasteiger charge is 2.15. The maximum absolute atomic E-state index is 11.0. The summed E-state index contributed by atoms with van der Waals surface area (Å²) in [6.07, 6.45) is 13.0. The van der Waals surface area contributed by atoms with E-state index in [9.17, 15) is 4.79 Å². The second kappa shape index (κ2) is 12.5. The van der Waals surface area contributed by atoms with Gasteiger partial charge in [-0.1, -0.05) is 78.6 Å². The van der Waals surface area contributed by atoms with Crippen LogP contribution in [0.2, 0.25) is 0 Å². The van der Waals surface area contributed by atoms with E-state index in [-0.39, 0.29) is 5.92 Å². The lowest BCUT2D eigenvalue weighted by molar-refractivity contribution is -0.142. The molecule has 0 aliphatic carbocycles. The van der Waals surface area contributed by atoms with Crippen LogP contribution in [0.3, 0.4) is 0 Å². The van der Waals surface area contributed by atoms with Crippen LogP contribution >= 0.6 is 0 Å². The summed E-state index contributed by atoms with van der Waals surface area (Å²) in [5, 5.41) is 9.05. The van der Waals surface area contributed by atoms with E-state index in [0.717, 1.165) is 31.6 Å². The third kappa shape index (κ3) is 12.3. The summed E-state index contributed by atoms with van der Waals surface area (Å²) in [5.41, 5.74) is 0. The molecule has 2 nitrogen and oxygen atoms in total. The molecule has 0 aromatic carbocycles. The van der Waals surface area contributed by atoms with Gasteiger partial charge in [0.1, 0.15) is 0 Å². The Kier molecular flexibility index (Phi) is 12.2. The molecule has 0 fully saturated rings. The molecule has 114 valence electrons. The largest absolute Gasteiger partial charge is 0.481 e. The molecule has 0 aliphatic heterocycles. The van der Waals surface area contributed by atoms with E-state index in [0.29, 0.717) is 0 Å². The third-order valence-electron chi connectivity index (χ3n) is 3.82. The van der Waals surface area contributed by atoms with Gasteiger partial charge in [-0.25, -0.2) is 0 Å². The number of carbonyl (C=O) groups is 1. The molecule has 1 N–H and O–H groups in total. The molecule has 0 amide bonds. The molecular formula is C17H34O2. The highest BCUT2D eigenvalue weighted by molar-refractivity contribution is 5.69. The van der Waals surface area contributed by atoms with Crippen LogP contribution in [0.15, 0.2) is 0 Å². The molecule has 19 heavy (non-hydrogen) atoms. The maximum Gasteiger partial charge on any atom is 0.306 e. The number of hydrogen-bond acceptors (Lipinski definition) is 1. The zero-order valence-corrected chi connectivity index (χ0v) is 13.3. The number of carboxylic acid groups (broad SMARTS) is 1. The smallest absolute Gasteiger partial charge is 0.306 e. The molecule has 0 rings (SSSR count). The van der Waals surface area contributed by atoms with Crippen LogP contribution in [0.5, 0.6) is 0 Å². The number of aliphatic carboxylic acids is 1. The van der Waals surface area contributed by atoms with E-state index in [4.69, 9.17) is 5.11 Å². The monoisotopic (exact) mass is 270 g/mol. The van der Waals surface area contributed by atoms with Gasteiger partial charge < -0.3 is 5.11 Å². The van der Waals surface area contributed by atoms with Gasteiger partial charge in [-0.3, -0.25) is 4.79 Å². The van der Waals surface area contributed by atoms with Crippen LogP contribution in [0.4, 0.5) is 0 Å². The lowest BCUT2D eigenvalue weighted by atomic mass is 9.96. The summed E-state index contributed by atoms with van der Waals surface area (Å²) >= 11 is 0. The molecule has 1 unspecified atom stereocenters. The van der Waals surface area contributed by atoms with Gasteiger partial charge in [0.05, 0.1) is 5.92 Å². The molecule has 0 radical (unpaired) electrons. The van der Waals surface area contributed by atoms with E-state index in [1.54, 1.807) is 0 Å². The first-order valence-corrected chi connectivity index (χ1v) is 8.30. The quantitative estimate of drug-likeness (QED) is 0.439. The Balaban J connectivity index is 3.32. The normalized spacial score (nSPS) is 12.8. The minimum atomic E-state index is -0.601. The van der Waals surface area contributed by atoms with Crippen molar-refractivity contribution in [3.63, 3.8) is 0 Å². The van der Waals surface area contributed by atoms with Gasteiger partial charge in [0, 0.05) is 0 Å². The third-order valence-corrected chi connectivity index (χ3v) is 3.82. The Bertz CT molecular complexity index is 211. The summed E-state index contributed by atoms with van der Waals surface area (Å²) in [6.45, 7) is 6.64. The second-order valence-corrected chi connectivity index (χ2v) is 6.27. The van der Waals surface area contributed by atoms with Crippen molar-refractivity contribution in [2.45, 2.75) is 91.4 Å². The Hall–Kier alpha value is -0.530. The highest BCUT2D eigenvalue weighted by atomic mass is 16.4. The molecule has 0 saturated carbocycles. The van der Waals surface area contributed by atoms with Crippen molar-refractivity contribution in [1.29, 1.82) is 0 Å². The van der Waals surface area contributed by atoms with E-state index >= 15 is 0 Å². The van der Waals surface area contributed by atoms with Crippen molar-refractivity contribution in [1.82, 2.24) is 0 Å². The van der Waals surface area contributed by atoms with Gasteiger partial charge in [-0.05, 0) is 18.8 Å². The minimum absolute atomic E-state index is 0.101. The first kappa shape index (κ1) is 18.5. The zero-order chi connectivity index (χ0) is 14.5. The summed E-state index contributed by atoms with van der Waals surface area (Å²) in [5.74, 6) is 0.137. The molecule has 0 aromatic heterocycles. The Morgan fingerprint density at radius 2 is 1.32 bits per heavy atom. The minimum Gasteiger partial charge on any atom is -0.481 e. The first-order valence-electron chi connectivity index (χ1n) is 8.30. The standard InChI is InChI=1S/C17H34O2/c1-4-12-16(17(18)19)14-11-9-7-5-6-8-10-13-15(2)3/h15-16H,4-14H2,1-3H3,(H,18,19). The van der Waals surface area contributed by atoms with Crippen molar-refractivity contribution in [3.05, 3.63) is 0 Å². The predicted molar refractivity (Wildman–Crippen MR) is 82.4 cm³/mol. The lowest BCUT2D eigenvalue weighted by Crippen LogP contribution is -2.13. The molecule has 0 heterocycles. The number of hydrogen-bond donors (Lipinski definition) is 1. The average molecular weight is 270 g/mol. The second-order valence-electron chi connectivity index (χ2n) is 6.27. The molecule has 1 atom stereocenters. The van der Waals surface area contributed by atoms with Crippen LogP contribution in [0, 0.1) is 11.8 Å². The summed E-state index contributed by atoms with van der Waals surface area (Å²) in [4.78, 5) is 11.0. The van der Waals surface area contributed by atoms with Gasteiger partial charge in [0.25, 0.3) is 0 Å². The Labute approximate surface area is 120 Å². The Morgan fingerprint density at radius 3 is 1.74 bits per heavy atom. The fourth-order valence-electron chi connectivity index (χ4n) is 2.57. The topological polar surface area (TPSA) is 37.3 Å². The van der Waals surface area contributed by atoms with Gasteiger partial charge in [0.2, 0.25) is 0 Å². The fraction of sp³-hybridized carbons (Fsp3) is 0.941. The number of unbranched alkanes of at least 4 members (excludes halogenated alkanes) is 6. The first-order chi connectivity index (χ1) is 9.07. The summed E-state index contributed by atoms with van der Waals surface area (Å²) in [7, 11) is 0. The summed E-state index contributed by atoms with van der Waals surface area (Å²) in [6, 6.07) is 0. The molecule has 2 heteroatoms. The molecule has 0 aromatic rings. The molecule has 0 saturated heterocycles. The Morgan fingerprint density at radius 1 is 0.842 bits per heavy atom. The molecular weight excluding hydrogens is 236 g/mol. The zero-order valence-electron chi connectivity index (χ0n) is 13.3. The van der Waals surface area contributed by atoms with E-state index in [1.807, 2.05) is 0 Å². The van der Waals surface area contributed by atoms with Crippen molar-refractivity contribution < 1.29 is 9.90 Å². The van der Waals surface area contributed by atoms with Crippen molar-refractivity contribution in [2.24, 2.45) is 11.8 Å². The van der Waals surface area contributed by atoms with Gasteiger partial charge in [-0.15, -0.1) is 0 Å². The fourth-order valence-corrected chi connectivity index (χ4v) is 2.57. The van der Waals surface area contributed by atoms with Crippen LogP contribution in [-0.4, -0.2) is 11.1 Å². The van der Waals surface area contributed by atoms with Crippen molar-refractivity contribution >= 4 is 5.97 Å². The van der Waals surface area contributed by atoms with Crippen molar-refractivity contribution in [2.75, 3.05) is 0 Å². The van der Waals surface area contributed by atoms with Crippen LogP contribution in [0.1, 0.15) is 91.4 Å². The molecule has 0 spiro atoms. The van der Waals surface area contributed by atoms with Gasteiger partial charge >= 0.3 is 5.97 Å². The lowest BCUT2D eigenvalue weighted by Gasteiger charge is -2.10. The van der Waals surface area contributed by atoms with Crippen LogP contribution in [0.25, 0.3) is 0 Å². The van der Waals surface area contributed by atoms with E-state index < -0.39 is 5.97 Å². The van der Waals surface area contributed by atoms with Crippen LogP contribution in [-0.2, 0) is 4.79 Å². The predicted octanol–water partition coefficient (Wildman–Crippen LogP) is 5.65. The summed E-state index contributed by atoms with van der Waals surface area (Å²) < 4.78 is 0. The molecule has 0 bridgehead atoms. The highest BCUT2D eigenvalue weighted by Crippen LogP contribution is 2.17. The number of rotatable bonds is 13. The van der Waals surface area contributed by atoms with Gasteiger partial charge in [-0.2, -0.15) is 0 Å². The van der Waals surface area contributed by atoms with Crippen molar-refractivity contribution in [3.8, 4) is 0 Å². The number of carboxylic acids is 1. The SMILES string of the molecule is CCCC(CCCCCCCCCC(C)C)C(=O)O. The van der Waals surface area contributed by atoms with Gasteiger partial charge in [0.15, 0.2) is 0 Å². The maximum atomic E-state index is 11.0.